The molecule has 0 saturated heterocycles. The maximum atomic E-state index is 6.13. The van der Waals surface area contributed by atoms with Crippen molar-refractivity contribution in [2.24, 2.45) is 5.73 Å². The van der Waals surface area contributed by atoms with E-state index in [0.717, 1.165) is 27.9 Å². The molecule has 1 aromatic heterocycles. The zero-order chi connectivity index (χ0) is 10.1. The number of aromatic amines is 1. The Kier molecular flexibility index (Phi) is 2.48. The molecule has 2 nitrogen and oxygen atoms in total. The van der Waals surface area contributed by atoms with E-state index in [2.05, 4.69) is 11.9 Å². The Balaban J connectivity index is 2.67. The van der Waals surface area contributed by atoms with Gasteiger partial charge in [0, 0.05) is 23.1 Å². The highest BCUT2D eigenvalue weighted by Gasteiger charge is 2.11. The summed E-state index contributed by atoms with van der Waals surface area (Å²) in [5.74, 6) is 0. The zero-order valence-electron chi connectivity index (χ0n) is 8.05. The minimum absolute atomic E-state index is 0.0589. The van der Waals surface area contributed by atoms with E-state index in [1.54, 1.807) is 0 Å². The Hall–Kier alpha value is -0.990. The zero-order valence-corrected chi connectivity index (χ0v) is 8.81. The lowest BCUT2D eigenvalue weighted by atomic mass is 10.0. The molecule has 1 heterocycles. The predicted molar refractivity (Wildman–Crippen MR) is 60.5 cm³/mol. The lowest BCUT2D eigenvalue weighted by Crippen LogP contribution is -2.07. The van der Waals surface area contributed by atoms with Gasteiger partial charge in [0.2, 0.25) is 0 Å². The molecule has 0 aliphatic rings. The molecule has 0 aliphatic heterocycles. The van der Waals surface area contributed by atoms with Crippen molar-refractivity contribution in [3.05, 3.63) is 35.0 Å². The summed E-state index contributed by atoms with van der Waals surface area (Å²) in [6.07, 6.45) is 2.86. The highest BCUT2D eigenvalue weighted by molar-refractivity contribution is 6.35. The smallest absolute Gasteiger partial charge is 0.0503 e. The average molecular weight is 209 g/mol. The van der Waals surface area contributed by atoms with E-state index >= 15 is 0 Å². The number of hydrogen-bond donors (Lipinski definition) is 2. The molecule has 0 radical (unpaired) electrons. The standard InChI is InChI=1S/C11H13ClN2/c1-2-9(13)7-6-14-10-5-3-4-8(12)11(7)10/h3-6,9,14H,2,13H2,1H3/t9-/m1/s1. The van der Waals surface area contributed by atoms with E-state index in [0.29, 0.717) is 0 Å². The monoisotopic (exact) mass is 208 g/mol. The summed E-state index contributed by atoms with van der Waals surface area (Å²) in [5, 5.41) is 1.83. The van der Waals surface area contributed by atoms with Crippen LogP contribution in [0.4, 0.5) is 0 Å². The molecule has 0 aliphatic carbocycles. The Morgan fingerprint density at radius 3 is 3.00 bits per heavy atom. The maximum absolute atomic E-state index is 6.13. The molecule has 1 aromatic carbocycles. The molecule has 0 amide bonds. The first-order valence-corrected chi connectivity index (χ1v) is 5.13. The van der Waals surface area contributed by atoms with Crippen molar-refractivity contribution in [2.75, 3.05) is 0 Å². The highest BCUT2D eigenvalue weighted by atomic mass is 35.5. The maximum Gasteiger partial charge on any atom is 0.0503 e. The SMILES string of the molecule is CC[C@@H](N)c1c[nH]c2cccc(Cl)c12. The van der Waals surface area contributed by atoms with Crippen LogP contribution in [0.15, 0.2) is 24.4 Å². The second-order valence-corrected chi connectivity index (χ2v) is 3.83. The van der Waals surface area contributed by atoms with Gasteiger partial charge in [-0.1, -0.05) is 24.6 Å². The third kappa shape index (κ3) is 1.41. The van der Waals surface area contributed by atoms with Crippen LogP contribution >= 0.6 is 11.6 Å². The predicted octanol–water partition coefficient (Wildman–Crippen LogP) is 3.23. The summed E-state index contributed by atoms with van der Waals surface area (Å²) in [6, 6.07) is 5.89. The number of rotatable bonds is 2. The molecule has 14 heavy (non-hydrogen) atoms. The molecule has 3 heteroatoms. The molecule has 0 unspecified atom stereocenters. The molecule has 74 valence electrons. The fraction of sp³-hybridized carbons (Fsp3) is 0.273. The molecule has 0 bridgehead atoms. The van der Waals surface area contributed by atoms with Crippen LogP contribution in [-0.2, 0) is 0 Å². The van der Waals surface area contributed by atoms with E-state index in [1.807, 2.05) is 24.4 Å². The van der Waals surface area contributed by atoms with Crippen LogP contribution in [-0.4, -0.2) is 4.98 Å². The van der Waals surface area contributed by atoms with Crippen LogP contribution in [0, 0.1) is 0 Å². The second kappa shape index (κ2) is 3.64. The second-order valence-electron chi connectivity index (χ2n) is 3.42. The first-order valence-electron chi connectivity index (χ1n) is 4.75. The van der Waals surface area contributed by atoms with E-state index in [9.17, 15) is 0 Å². The molecule has 0 spiro atoms. The number of H-pyrrole nitrogens is 1. The summed E-state index contributed by atoms with van der Waals surface area (Å²) in [7, 11) is 0. The minimum Gasteiger partial charge on any atom is -0.361 e. The Morgan fingerprint density at radius 2 is 2.29 bits per heavy atom. The average Bonchev–Trinajstić information content (AvgIpc) is 2.62. The van der Waals surface area contributed by atoms with Crippen LogP contribution in [0.1, 0.15) is 24.9 Å². The van der Waals surface area contributed by atoms with Gasteiger partial charge in [0.15, 0.2) is 0 Å². The number of fused-ring (bicyclic) bond motifs is 1. The number of halogens is 1. The van der Waals surface area contributed by atoms with Gasteiger partial charge in [0.05, 0.1) is 5.02 Å². The lowest BCUT2D eigenvalue weighted by molar-refractivity contribution is 0.704. The van der Waals surface area contributed by atoms with Crippen molar-refractivity contribution in [1.82, 2.24) is 4.98 Å². The van der Waals surface area contributed by atoms with Gasteiger partial charge in [-0.15, -0.1) is 0 Å². The molecular weight excluding hydrogens is 196 g/mol. The van der Waals surface area contributed by atoms with Gasteiger partial charge in [-0.3, -0.25) is 0 Å². The summed E-state index contributed by atoms with van der Waals surface area (Å²) in [4.78, 5) is 3.18. The summed E-state index contributed by atoms with van der Waals surface area (Å²) < 4.78 is 0. The Labute approximate surface area is 88.1 Å². The third-order valence-electron chi connectivity index (χ3n) is 2.52. The van der Waals surface area contributed by atoms with E-state index in [4.69, 9.17) is 17.3 Å². The van der Waals surface area contributed by atoms with E-state index in [1.165, 1.54) is 0 Å². The molecule has 3 N–H and O–H groups in total. The van der Waals surface area contributed by atoms with E-state index in [-0.39, 0.29) is 6.04 Å². The highest BCUT2D eigenvalue weighted by Crippen LogP contribution is 2.30. The van der Waals surface area contributed by atoms with Gasteiger partial charge in [-0.2, -0.15) is 0 Å². The van der Waals surface area contributed by atoms with Crippen molar-refractivity contribution in [3.63, 3.8) is 0 Å². The van der Waals surface area contributed by atoms with Crippen molar-refractivity contribution < 1.29 is 0 Å². The number of aromatic nitrogens is 1. The largest absolute Gasteiger partial charge is 0.361 e. The first kappa shape index (κ1) is 9.56. The van der Waals surface area contributed by atoms with Crippen LogP contribution in [0.5, 0.6) is 0 Å². The molecule has 1 atom stereocenters. The summed E-state index contributed by atoms with van der Waals surface area (Å²) in [5.41, 5.74) is 8.15. The quantitative estimate of drug-likeness (QED) is 0.782. The summed E-state index contributed by atoms with van der Waals surface area (Å²) in [6.45, 7) is 2.07. The number of benzene rings is 1. The summed E-state index contributed by atoms with van der Waals surface area (Å²) >= 11 is 6.13. The van der Waals surface area contributed by atoms with Crippen LogP contribution in [0.25, 0.3) is 10.9 Å². The van der Waals surface area contributed by atoms with Crippen LogP contribution in [0.3, 0.4) is 0 Å². The fourth-order valence-corrected chi connectivity index (χ4v) is 1.96. The molecular formula is C11H13ClN2. The van der Waals surface area contributed by atoms with Gasteiger partial charge >= 0.3 is 0 Å². The van der Waals surface area contributed by atoms with Gasteiger partial charge < -0.3 is 10.7 Å². The molecule has 0 saturated carbocycles. The van der Waals surface area contributed by atoms with Gasteiger partial charge in [-0.05, 0) is 24.1 Å². The lowest BCUT2D eigenvalue weighted by Gasteiger charge is -2.07. The molecule has 0 fully saturated rings. The molecule has 2 rings (SSSR count). The first-order chi connectivity index (χ1) is 6.74. The topological polar surface area (TPSA) is 41.8 Å². The van der Waals surface area contributed by atoms with Crippen LogP contribution < -0.4 is 5.73 Å². The number of nitrogens with one attached hydrogen (secondary N) is 1. The third-order valence-corrected chi connectivity index (χ3v) is 2.84. The number of hydrogen-bond acceptors (Lipinski definition) is 1. The van der Waals surface area contributed by atoms with Crippen LogP contribution in [0.2, 0.25) is 5.02 Å². The fourth-order valence-electron chi connectivity index (χ4n) is 1.68. The van der Waals surface area contributed by atoms with Gasteiger partial charge in [0.1, 0.15) is 0 Å². The van der Waals surface area contributed by atoms with Crippen molar-refractivity contribution in [1.29, 1.82) is 0 Å². The Bertz CT molecular complexity index is 447. The van der Waals surface area contributed by atoms with Crippen molar-refractivity contribution in [3.8, 4) is 0 Å². The van der Waals surface area contributed by atoms with Crippen molar-refractivity contribution >= 4 is 22.5 Å². The normalized spacial score (nSPS) is 13.4. The Morgan fingerprint density at radius 1 is 1.50 bits per heavy atom. The minimum atomic E-state index is 0.0589. The number of nitrogens with two attached hydrogens (primary N) is 1. The molecule has 2 aromatic rings. The van der Waals surface area contributed by atoms with Crippen molar-refractivity contribution in [2.45, 2.75) is 19.4 Å². The van der Waals surface area contributed by atoms with Gasteiger partial charge in [0.25, 0.3) is 0 Å². The van der Waals surface area contributed by atoms with Gasteiger partial charge in [-0.25, -0.2) is 0 Å². The van der Waals surface area contributed by atoms with E-state index < -0.39 is 0 Å².